The Morgan fingerprint density at radius 2 is 1.63 bits per heavy atom. The molecule has 3 aromatic rings. The highest BCUT2D eigenvalue weighted by atomic mass is 16.5. The molecule has 2 atom stereocenters. The summed E-state index contributed by atoms with van der Waals surface area (Å²) in [6.07, 6.45) is 0.0201. The van der Waals surface area contributed by atoms with Gasteiger partial charge in [-0.1, -0.05) is 66.7 Å². The summed E-state index contributed by atoms with van der Waals surface area (Å²) in [5.41, 5.74) is 9.03. The van der Waals surface area contributed by atoms with Gasteiger partial charge >= 0.3 is 5.97 Å². The molecule has 1 fully saturated rings. The number of ether oxygens (including phenoxy) is 1. The van der Waals surface area contributed by atoms with E-state index in [2.05, 4.69) is 5.32 Å². The number of hydrogen-bond donors (Lipinski definition) is 4. The highest BCUT2D eigenvalue weighted by Gasteiger charge is 2.41. The second-order valence-electron chi connectivity index (χ2n) is 9.24. The van der Waals surface area contributed by atoms with Gasteiger partial charge in [0.1, 0.15) is 18.2 Å². The molecule has 2 amide bonds. The standard InChI is InChI=1S/C29H30N4O5/c30-28(31)22-8-6-20(7-9-22)21-10-12-25(13-11-21)38-18-24-14-23(15-27(35)36)29(37)33(24)17-26(34)32-16-19-4-2-1-3-5-19/h1-13,23-24H,14-18H2,(H3,30,31)(H,32,34)(H,35,36)/t23-,24-/m0/s1. The van der Waals surface area contributed by atoms with E-state index in [1.54, 1.807) is 12.1 Å². The number of rotatable bonds is 11. The maximum absolute atomic E-state index is 12.9. The number of likely N-dealkylation sites (tertiary alicyclic amines) is 1. The summed E-state index contributed by atoms with van der Waals surface area (Å²) in [6.45, 7) is 0.316. The molecule has 0 aromatic heterocycles. The molecule has 9 heteroatoms. The number of carboxylic acid groups (broad SMARTS) is 1. The Morgan fingerprint density at radius 3 is 2.24 bits per heavy atom. The van der Waals surface area contributed by atoms with Crippen molar-refractivity contribution in [3.8, 4) is 16.9 Å². The van der Waals surface area contributed by atoms with Crippen LogP contribution in [0, 0.1) is 11.3 Å². The number of nitrogens with one attached hydrogen (secondary N) is 2. The van der Waals surface area contributed by atoms with E-state index in [-0.39, 0.29) is 37.2 Å². The largest absolute Gasteiger partial charge is 0.491 e. The Morgan fingerprint density at radius 1 is 1.00 bits per heavy atom. The number of aliphatic carboxylic acids is 1. The first-order valence-corrected chi connectivity index (χ1v) is 12.3. The first-order valence-electron chi connectivity index (χ1n) is 12.3. The van der Waals surface area contributed by atoms with Gasteiger partial charge in [0.2, 0.25) is 11.8 Å². The van der Waals surface area contributed by atoms with E-state index in [0.29, 0.717) is 24.3 Å². The molecule has 0 spiro atoms. The van der Waals surface area contributed by atoms with E-state index in [1.165, 1.54) is 4.90 Å². The molecule has 9 nitrogen and oxygen atoms in total. The molecule has 38 heavy (non-hydrogen) atoms. The monoisotopic (exact) mass is 514 g/mol. The highest BCUT2D eigenvalue weighted by Crippen LogP contribution is 2.29. The summed E-state index contributed by atoms with van der Waals surface area (Å²) in [7, 11) is 0. The Balaban J connectivity index is 1.38. The number of carbonyl (C=O) groups is 3. The fraction of sp³-hybridized carbons (Fsp3) is 0.241. The molecule has 1 aliphatic rings. The Kier molecular flexibility index (Phi) is 8.37. The van der Waals surface area contributed by atoms with E-state index < -0.39 is 17.9 Å². The Labute approximate surface area is 220 Å². The third-order valence-electron chi connectivity index (χ3n) is 6.52. The predicted octanol–water partition coefficient (Wildman–Crippen LogP) is 3.02. The summed E-state index contributed by atoms with van der Waals surface area (Å²) in [4.78, 5) is 38.3. The molecule has 1 aliphatic heterocycles. The van der Waals surface area contributed by atoms with Crippen molar-refractivity contribution >= 4 is 23.6 Å². The number of hydrogen-bond acceptors (Lipinski definition) is 5. The number of carbonyl (C=O) groups excluding carboxylic acids is 2. The first kappa shape index (κ1) is 26.4. The van der Waals surface area contributed by atoms with Gasteiger partial charge in [-0.25, -0.2) is 0 Å². The second kappa shape index (κ2) is 12.1. The normalized spacial score (nSPS) is 16.7. The summed E-state index contributed by atoms with van der Waals surface area (Å²) in [6, 6.07) is 23.8. The van der Waals surface area contributed by atoms with Crippen molar-refractivity contribution in [1.82, 2.24) is 10.2 Å². The van der Waals surface area contributed by atoms with Crippen molar-refractivity contribution in [2.24, 2.45) is 11.7 Å². The van der Waals surface area contributed by atoms with Gasteiger partial charge in [0.15, 0.2) is 0 Å². The van der Waals surface area contributed by atoms with Gasteiger partial charge in [0.25, 0.3) is 0 Å². The quantitative estimate of drug-likeness (QED) is 0.229. The molecule has 1 saturated heterocycles. The molecule has 0 unspecified atom stereocenters. The molecule has 0 radical (unpaired) electrons. The lowest BCUT2D eigenvalue weighted by Gasteiger charge is -2.24. The number of benzene rings is 3. The minimum Gasteiger partial charge on any atom is -0.491 e. The maximum Gasteiger partial charge on any atom is 0.304 e. The van der Waals surface area contributed by atoms with Crippen molar-refractivity contribution in [2.75, 3.05) is 13.2 Å². The average Bonchev–Trinajstić information content (AvgIpc) is 3.20. The Bertz CT molecular complexity index is 1290. The second-order valence-corrected chi connectivity index (χ2v) is 9.24. The molecular formula is C29H30N4O5. The summed E-state index contributed by atoms with van der Waals surface area (Å²) in [5.74, 6) is -1.80. The van der Waals surface area contributed by atoms with Crippen molar-refractivity contribution in [3.63, 3.8) is 0 Å². The average molecular weight is 515 g/mol. The van der Waals surface area contributed by atoms with Gasteiger partial charge in [-0.15, -0.1) is 0 Å². The highest BCUT2D eigenvalue weighted by molar-refractivity contribution is 5.95. The van der Waals surface area contributed by atoms with Crippen molar-refractivity contribution < 1.29 is 24.2 Å². The molecule has 4 rings (SSSR count). The van der Waals surface area contributed by atoms with Gasteiger partial charge in [0.05, 0.1) is 24.9 Å². The molecule has 0 saturated carbocycles. The Hall–Kier alpha value is -4.66. The van der Waals surface area contributed by atoms with Crippen LogP contribution in [-0.2, 0) is 20.9 Å². The lowest BCUT2D eigenvalue weighted by atomic mass is 10.0. The lowest BCUT2D eigenvalue weighted by molar-refractivity contribution is -0.143. The van der Waals surface area contributed by atoms with Crippen molar-refractivity contribution in [2.45, 2.75) is 25.4 Å². The maximum atomic E-state index is 12.9. The fourth-order valence-corrected chi connectivity index (χ4v) is 4.50. The zero-order valence-corrected chi connectivity index (χ0v) is 20.8. The number of nitrogen functional groups attached to an aromatic ring is 1. The van der Waals surface area contributed by atoms with Crippen LogP contribution in [-0.4, -0.2) is 52.8 Å². The van der Waals surface area contributed by atoms with Crippen LogP contribution in [0.2, 0.25) is 0 Å². The van der Waals surface area contributed by atoms with Crippen LogP contribution >= 0.6 is 0 Å². The van der Waals surface area contributed by atoms with Gasteiger partial charge in [-0.3, -0.25) is 19.8 Å². The smallest absolute Gasteiger partial charge is 0.304 e. The molecular weight excluding hydrogens is 484 g/mol. The van der Waals surface area contributed by atoms with Gasteiger partial charge in [0, 0.05) is 12.1 Å². The zero-order valence-electron chi connectivity index (χ0n) is 20.8. The zero-order chi connectivity index (χ0) is 27.1. The molecule has 5 N–H and O–H groups in total. The lowest BCUT2D eigenvalue weighted by Crippen LogP contribution is -2.44. The summed E-state index contributed by atoms with van der Waals surface area (Å²) < 4.78 is 5.96. The minimum atomic E-state index is -1.05. The van der Waals surface area contributed by atoms with Crippen molar-refractivity contribution in [1.29, 1.82) is 5.41 Å². The molecule has 1 heterocycles. The van der Waals surface area contributed by atoms with Crippen LogP contribution in [0.4, 0.5) is 0 Å². The van der Waals surface area contributed by atoms with E-state index in [4.69, 9.17) is 15.9 Å². The molecule has 0 bridgehead atoms. The van der Waals surface area contributed by atoms with Gasteiger partial charge < -0.3 is 25.8 Å². The molecule has 0 aliphatic carbocycles. The van der Waals surface area contributed by atoms with Crippen LogP contribution < -0.4 is 15.8 Å². The number of nitrogens with two attached hydrogens (primary N) is 1. The summed E-state index contributed by atoms with van der Waals surface area (Å²) in [5, 5.41) is 19.6. The van der Waals surface area contributed by atoms with Gasteiger partial charge in [-0.2, -0.15) is 0 Å². The summed E-state index contributed by atoms with van der Waals surface area (Å²) >= 11 is 0. The van der Waals surface area contributed by atoms with Crippen LogP contribution in [0.1, 0.15) is 24.0 Å². The van der Waals surface area contributed by atoms with Crippen LogP contribution in [0.25, 0.3) is 11.1 Å². The molecule has 196 valence electrons. The third kappa shape index (κ3) is 6.76. The van der Waals surface area contributed by atoms with Crippen LogP contribution in [0.15, 0.2) is 78.9 Å². The van der Waals surface area contributed by atoms with E-state index >= 15 is 0 Å². The number of amides is 2. The third-order valence-corrected chi connectivity index (χ3v) is 6.52. The minimum absolute atomic E-state index is 0.0130. The van der Waals surface area contributed by atoms with Crippen LogP contribution in [0.5, 0.6) is 5.75 Å². The fourth-order valence-electron chi connectivity index (χ4n) is 4.50. The molecule has 3 aromatic carbocycles. The SMILES string of the molecule is N=C(N)c1ccc(-c2ccc(OC[C@@H]3C[C@@H](CC(=O)O)C(=O)N3CC(=O)NCc3ccccc3)cc2)cc1. The number of carboxylic acids is 1. The topological polar surface area (TPSA) is 146 Å². The van der Waals surface area contributed by atoms with E-state index in [1.807, 2.05) is 66.7 Å². The van der Waals surface area contributed by atoms with E-state index in [0.717, 1.165) is 16.7 Å². The van der Waals surface area contributed by atoms with E-state index in [9.17, 15) is 19.5 Å². The predicted molar refractivity (Wildman–Crippen MR) is 143 cm³/mol. The number of amidine groups is 1. The first-order chi connectivity index (χ1) is 18.3. The van der Waals surface area contributed by atoms with Crippen LogP contribution in [0.3, 0.4) is 0 Å². The number of nitrogens with zero attached hydrogens (tertiary/aromatic N) is 1. The van der Waals surface area contributed by atoms with Crippen molar-refractivity contribution in [3.05, 3.63) is 90.0 Å². The van der Waals surface area contributed by atoms with Gasteiger partial charge in [-0.05, 0) is 35.2 Å².